The SMILES string of the molecule is Cc1nc2cc(-c3ccc(NC(=O)OC(C)(C)C)cc3)ccc2n1-c1ccccc1. The number of hydrogen-bond acceptors (Lipinski definition) is 3. The molecule has 30 heavy (non-hydrogen) atoms. The number of para-hydroxylation sites is 1. The molecule has 1 N–H and O–H groups in total. The van der Waals surface area contributed by atoms with E-state index in [1.807, 2.05) is 70.2 Å². The van der Waals surface area contributed by atoms with Crippen LogP contribution in [0, 0.1) is 6.92 Å². The molecule has 0 aliphatic heterocycles. The molecule has 0 aliphatic rings. The minimum atomic E-state index is -0.527. The fourth-order valence-corrected chi connectivity index (χ4v) is 3.45. The number of benzene rings is 3. The number of fused-ring (bicyclic) bond motifs is 1. The second kappa shape index (κ2) is 7.67. The molecular weight excluding hydrogens is 374 g/mol. The quantitative estimate of drug-likeness (QED) is 0.437. The van der Waals surface area contributed by atoms with E-state index in [-0.39, 0.29) is 0 Å². The summed E-state index contributed by atoms with van der Waals surface area (Å²) in [5.74, 6) is 0.949. The van der Waals surface area contributed by atoms with E-state index in [0.29, 0.717) is 5.69 Å². The molecule has 0 spiro atoms. The summed E-state index contributed by atoms with van der Waals surface area (Å²) < 4.78 is 7.45. The van der Waals surface area contributed by atoms with Crippen molar-refractivity contribution in [2.45, 2.75) is 33.3 Å². The van der Waals surface area contributed by atoms with E-state index < -0.39 is 11.7 Å². The number of imidazole rings is 1. The van der Waals surface area contributed by atoms with E-state index in [9.17, 15) is 4.79 Å². The van der Waals surface area contributed by atoms with Gasteiger partial charge in [0.1, 0.15) is 11.4 Å². The van der Waals surface area contributed by atoms with Gasteiger partial charge in [-0.1, -0.05) is 36.4 Å². The van der Waals surface area contributed by atoms with Crippen LogP contribution in [-0.2, 0) is 4.74 Å². The van der Waals surface area contributed by atoms with Crippen molar-refractivity contribution in [3.8, 4) is 16.8 Å². The van der Waals surface area contributed by atoms with Crippen LogP contribution in [0.2, 0.25) is 0 Å². The maximum absolute atomic E-state index is 11.9. The lowest BCUT2D eigenvalue weighted by molar-refractivity contribution is 0.0636. The van der Waals surface area contributed by atoms with Gasteiger partial charge in [0.15, 0.2) is 0 Å². The smallest absolute Gasteiger partial charge is 0.412 e. The summed E-state index contributed by atoms with van der Waals surface area (Å²) in [5.41, 5.74) is 5.42. The van der Waals surface area contributed by atoms with Crippen molar-refractivity contribution in [1.29, 1.82) is 0 Å². The Morgan fingerprint density at radius 2 is 1.60 bits per heavy atom. The number of aromatic nitrogens is 2. The molecule has 0 bridgehead atoms. The Labute approximate surface area is 176 Å². The first-order valence-electron chi connectivity index (χ1n) is 9.95. The van der Waals surface area contributed by atoms with Crippen LogP contribution >= 0.6 is 0 Å². The average Bonchev–Trinajstić information content (AvgIpc) is 3.02. The van der Waals surface area contributed by atoms with Crippen LogP contribution in [0.3, 0.4) is 0 Å². The van der Waals surface area contributed by atoms with Crippen LogP contribution in [0.4, 0.5) is 10.5 Å². The van der Waals surface area contributed by atoms with Crippen LogP contribution in [-0.4, -0.2) is 21.2 Å². The molecule has 5 nitrogen and oxygen atoms in total. The fourth-order valence-electron chi connectivity index (χ4n) is 3.45. The third kappa shape index (κ3) is 4.20. The van der Waals surface area contributed by atoms with Gasteiger partial charge in [0, 0.05) is 11.4 Å². The zero-order valence-corrected chi connectivity index (χ0v) is 17.6. The normalized spacial score (nSPS) is 11.5. The van der Waals surface area contributed by atoms with E-state index >= 15 is 0 Å². The second-order valence-electron chi connectivity index (χ2n) is 8.24. The third-order valence-corrected chi connectivity index (χ3v) is 4.70. The summed E-state index contributed by atoms with van der Waals surface area (Å²) in [7, 11) is 0. The van der Waals surface area contributed by atoms with Crippen molar-refractivity contribution in [2.24, 2.45) is 0 Å². The molecule has 1 amide bonds. The average molecular weight is 399 g/mol. The molecule has 0 saturated carbocycles. The number of carbonyl (C=O) groups is 1. The number of nitrogens with one attached hydrogen (secondary N) is 1. The first-order valence-corrected chi connectivity index (χ1v) is 9.95. The highest BCUT2D eigenvalue weighted by molar-refractivity contribution is 5.87. The molecule has 0 unspecified atom stereocenters. The molecule has 4 aromatic rings. The van der Waals surface area contributed by atoms with Gasteiger partial charge in [0.25, 0.3) is 0 Å². The molecule has 1 heterocycles. The molecule has 0 fully saturated rings. The number of amides is 1. The Hall–Kier alpha value is -3.60. The number of ether oxygens (including phenoxy) is 1. The fraction of sp³-hybridized carbons (Fsp3) is 0.200. The summed E-state index contributed by atoms with van der Waals surface area (Å²) in [5, 5.41) is 2.76. The summed E-state index contributed by atoms with van der Waals surface area (Å²) >= 11 is 0. The monoisotopic (exact) mass is 399 g/mol. The minimum Gasteiger partial charge on any atom is -0.444 e. The van der Waals surface area contributed by atoms with Crippen molar-refractivity contribution < 1.29 is 9.53 Å². The summed E-state index contributed by atoms with van der Waals surface area (Å²) in [6.07, 6.45) is -0.460. The van der Waals surface area contributed by atoms with Crippen LogP contribution in [0.15, 0.2) is 72.8 Å². The van der Waals surface area contributed by atoms with Gasteiger partial charge in [-0.25, -0.2) is 9.78 Å². The van der Waals surface area contributed by atoms with Gasteiger partial charge < -0.3 is 4.74 Å². The number of rotatable bonds is 3. The number of aryl methyl sites for hydroxylation is 1. The van der Waals surface area contributed by atoms with Gasteiger partial charge in [-0.3, -0.25) is 9.88 Å². The van der Waals surface area contributed by atoms with Gasteiger partial charge in [-0.2, -0.15) is 0 Å². The van der Waals surface area contributed by atoms with Crippen LogP contribution in [0.1, 0.15) is 26.6 Å². The molecular formula is C25H25N3O2. The van der Waals surface area contributed by atoms with Crippen molar-refractivity contribution in [2.75, 3.05) is 5.32 Å². The summed E-state index contributed by atoms with van der Waals surface area (Å²) in [6.45, 7) is 7.54. The lowest BCUT2D eigenvalue weighted by Crippen LogP contribution is -2.27. The van der Waals surface area contributed by atoms with Crippen molar-refractivity contribution in [3.63, 3.8) is 0 Å². The molecule has 4 rings (SSSR count). The Balaban J connectivity index is 1.59. The second-order valence-corrected chi connectivity index (χ2v) is 8.24. The molecule has 3 aromatic carbocycles. The number of nitrogens with zero attached hydrogens (tertiary/aromatic N) is 2. The molecule has 152 valence electrons. The molecule has 0 radical (unpaired) electrons. The largest absolute Gasteiger partial charge is 0.444 e. The van der Waals surface area contributed by atoms with Crippen LogP contribution in [0.5, 0.6) is 0 Å². The minimum absolute atomic E-state index is 0.460. The molecule has 0 aliphatic carbocycles. The Bertz CT molecular complexity index is 1190. The predicted octanol–water partition coefficient (Wildman–Crippen LogP) is 6.35. The van der Waals surface area contributed by atoms with E-state index in [2.05, 4.69) is 40.2 Å². The first kappa shape index (κ1) is 19.7. The Morgan fingerprint density at radius 3 is 2.27 bits per heavy atom. The molecule has 0 saturated heterocycles. The van der Waals surface area contributed by atoms with Gasteiger partial charge in [-0.15, -0.1) is 0 Å². The topological polar surface area (TPSA) is 56.1 Å². The van der Waals surface area contributed by atoms with Gasteiger partial charge in [0.05, 0.1) is 11.0 Å². The highest BCUT2D eigenvalue weighted by atomic mass is 16.6. The molecule has 5 heteroatoms. The Morgan fingerprint density at radius 1 is 0.933 bits per heavy atom. The molecule has 0 atom stereocenters. The first-order chi connectivity index (χ1) is 14.3. The maximum Gasteiger partial charge on any atom is 0.412 e. The number of carbonyl (C=O) groups excluding carboxylic acids is 1. The highest BCUT2D eigenvalue weighted by Crippen LogP contribution is 2.28. The van der Waals surface area contributed by atoms with E-state index in [1.54, 1.807) is 0 Å². The molecule has 1 aromatic heterocycles. The zero-order valence-electron chi connectivity index (χ0n) is 17.6. The van der Waals surface area contributed by atoms with Crippen molar-refractivity contribution >= 4 is 22.8 Å². The van der Waals surface area contributed by atoms with Crippen molar-refractivity contribution in [3.05, 3.63) is 78.6 Å². The predicted molar refractivity (Wildman–Crippen MR) is 121 cm³/mol. The summed E-state index contributed by atoms with van der Waals surface area (Å²) in [4.78, 5) is 16.7. The number of hydrogen-bond donors (Lipinski definition) is 1. The lowest BCUT2D eigenvalue weighted by Gasteiger charge is -2.19. The van der Waals surface area contributed by atoms with Gasteiger partial charge in [0.2, 0.25) is 0 Å². The van der Waals surface area contributed by atoms with Gasteiger partial charge >= 0.3 is 6.09 Å². The van der Waals surface area contributed by atoms with Gasteiger partial charge in [-0.05, 0) is 75.2 Å². The Kier molecular flexibility index (Phi) is 5.04. The van der Waals surface area contributed by atoms with E-state index in [4.69, 9.17) is 9.72 Å². The summed E-state index contributed by atoms with van der Waals surface area (Å²) in [6, 6.07) is 24.2. The zero-order chi connectivity index (χ0) is 21.3. The van der Waals surface area contributed by atoms with Crippen LogP contribution in [0.25, 0.3) is 27.8 Å². The van der Waals surface area contributed by atoms with Crippen LogP contribution < -0.4 is 5.32 Å². The number of anilines is 1. The third-order valence-electron chi connectivity index (χ3n) is 4.70. The maximum atomic E-state index is 11.9. The highest BCUT2D eigenvalue weighted by Gasteiger charge is 2.16. The van der Waals surface area contributed by atoms with Crippen molar-refractivity contribution in [1.82, 2.24) is 9.55 Å². The van der Waals surface area contributed by atoms with E-state index in [1.165, 1.54) is 0 Å². The lowest BCUT2D eigenvalue weighted by atomic mass is 10.0. The van der Waals surface area contributed by atoms with E-state index in [0.717, 1.165) is 33.7 Å². The standard InChI is InChI=1S/C25H25N3O2/c1-17-26-22-16-19(12-15-23(22)28(17)21-8-6-5-7-9-21)18-10-13-20(14-11-18)27-24(29)30-25(2,3)4/h5-16H,1-4H3,(H,27,29).